The number of rotatable bonds is 2. The molecule has 1 aliphatic carbocycles. The summed E-state index contributed by atoms with van der Waals surface area (Å²) in [7, 11) is 1.57. The Labute approximate surface area is 65.6 Å². The van der Waals surface area contributed by atoms with E-state index in [1.807, 2.05) is 0 Å². The lowest BCUT2D eigenvalue weighted by Crippen LogP contribution is -2.27. The highest BCUT2D eigenvalue weighted by atomic mass is 16.5. The Balaban J connectivity index is 2.70. The van der Waals surface area contributed by atoms with Crippen LogP contribution in [0.2, 0.25) is 0 Å². The van der Waals surface area contributed by atoms with E-state index in [9.17, 15) is 4.79 Å². The molecule has 0 radical (unpaired) electrons. The van der Waals surface area contributed by atoms with Crippen LogP contribution in [0.25, 0.3) is 0 Å². The van der Waals surface area contributed by atoms with Crippen molar-refractivity contribution in [2.45, 2.75) is 12.5 Å². The molecule has 3 nitrogen and oxygen atoms in total. The molecule has 60 valence electrons. The third kappa shape index (κ3) is 1.74. The smallest absolute Gasteiger partial charge is 0.126 e. The molecule has 0 amide bonds. The van der Waals surface area contributed by atoms with Crippen LogP contribution in [-0.2, 0) is 9.53 Å². The fourth-order valence-electron chi connectivity index (χ4n) is 1.17. The van der Waals surface area contributed by atoms with Gasteiger partial charge in [-0.2, -0.15) is 0 Å². The van der Waals surface area contributed by atoms with Gasteiger partial charge in [-0.1, -0.05) is 6.08 Å². The van der Waals surface area contributed by atoms with Crippen LogP contribution in [0.4, 0.5) is 0 Å². The molecule has 0 aromatic heterocycles. The van der Waals surface area contributed by atoms with E-state index >= 15 is 0 Å². The molecule has 0 saturated carbocycles. The number of methoxy groups -OCH3 is 1. The minimum absolute atomic E-state index is 0.137. The predicted molar refractivity (Wildman–Crippen MR) is 41.8 cm³/mol. The molecule has 3 heteroatoms. The van der Waals surface area contributed by atoms with Gasteiger partial charge in [0.05, 0.1) is 6.10 Å². The minimum atomic E-state index is -0.169. The molecular weight excluding hydrogens is 142 g/mol. The molecule has 2 unspecified atom stereocenters. The first-order valence-corrected chi connectivity index (χ1v) is 3.51. The lowest BCUT2D eigenvalue weighted by Gasteiger charge is -2.21. The molecule has 2 atom stereocenters. The normalized spacial score (nSPS) is 30.5. The van der Waals surface area contributed by atoms with E-state index in [0.717, 1.165) is 6.29 Å². The van der Waals surface area contributed by atoms with Crippen molar-refractivity contribution in [2.24, 2.45) is 5.92 Å². The van der Waals surface area contributed by atoms with Crippen molar-refractivity contribution in [2.75, 3.05) is 7.11 Å². The van der Waals surface area contributed by atoms with Gasteiger partial charge in [0.2, 0.25) is 0 Å². The number of carbonyl (C=O) groups excluding carboxylic acids is 1. The molecule has 0 fully saturated rings. The van der Waals surface area contributed by atoms with E-state index in [2.05, 4.69) is 0 Å². The van der Waals surface area contributed by atoms with Crippen molar-refractivity contribution < 1.29 is 9.53 Å². The van der Waals surface area contributed by atoms with Gasteiger partial charge in [0.15, 0.2) is 0 Å². The third-order valence-corrected chi connectivity index (χ3v) is 1.81. The third-order valence-electron chi connectivity index (χ3n) is 1.81. The van der Waals surface area contributed by atoms with Crippen molar-refractivity contribution >= 4 is 12.0 Å². The van der Waals surface area contributed by atoms with Gasteiger partial charge >= 0.3 is 0 Å². The number of hydrogen-bond acceptors (Lipinski definition) is 3. The van der Waals surface area contributed by atoms with E-state index in [4.69, 9.17) is 10.1 Å². The molecule has 0 aromatic rings. The Hall–Kier alpha value is -0.960. The van der Waals surface area contributed by atoms with Crippen molar-refractivity contribution in [1.82, 2.24) is 0 Å². The average Bonchev–Trinajstić information content (AvgIpc) is 2.04. The summed E-state index contributed by atoms with van der Waals surface area (Å²) < 4.78 is 5.03. The van der Waals surface area contributed by atoms with Gasteiger partial charge in [-0.05, 0) is 6.08 Å². The molecule has 11 heavy (non-hydrogen) atoms. The SMILES string of the molecule is COC1C=CC(=N)CC1C=O. The van der Waals surface area contributed by atoms with E-state index in [1.165, 1.54) is 0 Å². The van der Waals surface area contributed by atoms with Crippen molar-refractivity contribution in [3.63, 3.8) is 0 Å². The highest BCUT2D eigenvalue weighted by molar-refractivity contribution is 5.95. The van der Waals surface area contributed by atoms with Gasteiger partial charge in [0.25, 0.3) is 0 Å². The van der Waals surface area contributed by atoms with Crippen LogP contribution < -0.4 is 0 Å². The van der Waals surface area contributed by atoms with Crippen molar-refractivity contribution in [3.05, 3.63) is 12.2 Å². The Morgan fingerprint density at radius 1 is 1.82 bits per heavy atom. The zero-order valence-electron chi connectivity index (χ0n) is 6.41. The molecule has 0 saturated heterocycles. The second-order valence-electron chi connectivity index (χ2n) is 2.59. The fraction of sp³-hybridized carbons (Fsp3) is 0.500. The summed E-state index contributed by atoms with van der Waals surface area (Å²) in [6.07, 6.45) is 4.66. The summed E-state index contributed by atoms with van der Waals surface area (Å²) in [6.45, 7) is 0. The van der Waals surface area contributed by atoms with Gasteiger partial charge in [-0.3, -0.25) is 0 Å². The highest BCUT2D eigenvalue weighted by Crippen LogP contribution is 2.16. The quantitative estimate of drug-likeness (QED) is 0.596. The van der Waals surface area contributed by atoms with Crippen molar-refractivity contribution in [3.8, 4) is 0 Å². The largest absolute Gasteiger partial charge is 0.377 e. The van der Waals surface area contributed by atoms with E-state index < -0.39 is 0 Å². The Kier molecular flexibility index (Phi) is 2.54. The van der Waals surface area contributed by atoms with Gasteiger partial charge in [-0.15, -0.1) is 0 Å². The Bertz CT molecular complexity index is 198. The van der Waals surface area contributed by atoms with Gasteiger partial charge < -0.3 is 14.9 Å². The monoisotopic (exact) mass is 153 g/mol. The Morgan fingerprint density at radius 2 is 2.55 bits per heavy atom. The summed E-state index contributed by atoms with van der Waals surface area (Å²) in [5.74, 6) is -0.169. The summed E-state index contributed by atoms with van der Waals surface area (Å²) >= 11 is 0. The molecule has 0 heterocycles. The number of ether oxygens (including phenoxy) is 1. The maximum atomic E-state index is 10.5. The number of aldehydes is 1. The van der Waals surface area contributed by atoms with Crippen LogP contribution in [0.5, 0.6) is 0 Å². The fourth-order valence-corrected chi connectivity index (χ4v) is 1.17. The molecule has 1 N–H and O–H groups in total. The van der Waals surface area contributed by atoms with Crippen LogP contribution in [0.3, 0.4) is 0 Å². The second-order valence-corrected chi connectivity index (χ2v) is 2.59. The van der Waals surface area contributed by atoms with Crippen LogP contribution in [0.1, 0.15) is 6.42 Å². The van der Waals surface area contributed by atoms with Crippen LogP contribution in [0, 0.1) is 11.3 Å². The Morgan fingerprint density at radius 3 is 3.09 bits per heavy atom. The van der Waals surface area contributed by atoms with Crippen LogP contribution >= 0.6 is 0 Å². The standard InChI is InChI=1S/C8H11NO2/c1-11-8-3-2-7(9)4-6(8)5-10/h2-3,5-6,8-9H,4H2,1H3. The van der Waals surface area contributed by atoms with E-state index in [-0.39, 0.29) is 12.0 Å². The summed E-state index contributed by atoms with van der Waals surface area (Å²) in [4.78, 5) is 10.5. The predicted octanol–water partition coefficient (Wildman–Crippen LogP) is 0.796. The summed E-state index contributed by atoms with van der Waals surface area (Å²) in [6, 6.07) is 0. The zero-order valence-corrected chi connectivity index (χ0v) is 6.41. The van der Waals surface area contributed by atoms with Crippen LogP contribution in [-0.4, -0.2) is 25.2 Å². The topological polar surface area (TPSA) is 50.1 Å². The molecule has 0 aliphatic heterocycles. The molecule has 0 bridgehead atoms. The van der Waals surface area contributed by atoms with E-state index in [0.29, 0.717) is 12.1 Å². The van der Waals surface area contributed by atoms with E-state index in [1.54, 1.807) is 19.3 Å². The van der Waals surface area contributed by atoms with Gasteiger partial charge in [-0.25, -0.2) is 0 Å². The molecule has 0 spiro atoms. The molecule has 1 aliphatic rings. The average molecular weight is 153 g/mol. The highest BCUT2D eigenvalue weighted by Gasteiger charge is 2.22. The van der Waals surface area contributed by atoms with Gasteiger partial charge in [0, 0.05) is 25.2 Å². The first kappa shape index (κ1) is 8.14. The molecule has 0 aromatic carbocycles. The second kappa shape index (κ2) is 3.44. The molecule has 1 rings (SSSR count). The number of hydrogen-bond donors (Lipinski definition) is 1. The lowest BCUT2D eigenvalue weighted by molar-refractivity contribution is -0.113. The van der Waals surface area contributed by atoms with Gasteiger partial charge in [0.1, 0.15) is 6.29 Å². The first-order valence-electron chi connectivity index (χ1n) is 3.51. The first-order chi connectivity index (χ1) is 5.27. The number of allylic oxidation sites excluding steroid dienone is 1. The van der Waals surface area contributed by atoms with Crippen molar-refractivity contribution in [1.29, 1.82) is 5.41 Å². The molecular formula is C8H11NO2. The zero-order chi connectivity index (χ0) is 8.27. The van der Waals surface area contributed by atoms with Crippen LogP contribution in [0.15, 0.2) is 12.2 Å². The minimum Gasteiger partial charge on any atom is -0.377 e. The number of nitrogens with one attached hydrogen (secondary N) is 1. The summed E-state index contributed by atoms with van der Waals surface area (Å²) in [5, 5.41) is 7.29. The summed E-state index contributed by atoms with van der Waals surface area (Å²) in [5.41, 5.74) is 0.496. The number of carbonyl (C=O) groups is 1. The maximum absolute atomic E-state index is 10.5. The lowest BCUT2D eigenvalue weighted by atomic mass is 9.92. The maximum Gasteiger partial charge on any atom is 0.126 e.